The molecule has 2 aromatic carbocycles. The highest BCUT2D eigenvalue weighted by molar-refractivity contribution is 5.81. The maximum Gasteiger partial charge on any atom is 0.261 e. The van der Waals surface area contributed by atoms with E-state index in [2.05, 4.69) is 5.32 Å². The molecule has 1 atom stereocenters. The van der Waals surface area contributed by atoms with Gasteiger partial charge in [-0.1, -0.05) is 31.2 Å². The SMILES string of the molecule is CC[C@H](Oc1ccccc1F)C(=O)NCCc1ccc(F)cc1. The summed E-state index contributed by atoms with van der Waals surface area (Å²) in [6.45, 7) is 2.20. The zero-order chi connectivity index (χ0) is 16.7. The highest BCUT2D eigenvalue weighted by atomic mass is 19.1. The monoisotopic (exact) mass is 319 g/mol. The molecule has 0 aliphatic carbocycles. The maximum absolute atomic E-state index is 13.6. The molecule has 23 heavy (non-hydrogen) atoms. The Labute approximate surface area is 134 Å². The molecule has 5 heteroatoms. The van der Waals surface area contributed by atoms with Crippen LogP contribution in [0.25, 0.3) is 0 Å². The van der Waals surface area contributed by atoms with E-state index in [0.717, 1.165) is 5.56 Å². The number of ether oxygens (including phenoxy) is 1. The van der Waals surface area contributed by atoms with E-state index in [-0.39, 0.29) is 17.5 Å². The Morgan fingerprint density at radius 3 is 2.48 bits per heavy atom. The number of benzene rings is 2. The van der Waals surface area contributed by atoms with Gasteiger partial charge in [-0.2, -0.15) is 0 Å². The van der Waals surface area contributed by atoms with Gasteiger partial charge in [0.2, 0.25) is 0 Å². The predicted octanol–water partition coefficient (Wildman–Crippen LogP) is 3.48. The van der Waals surface area contributed by atoms with Crippen molar-refractivity contribution in [3.8, 4) is 5.75 Å². The summed E-state index contributed by atoms with van der Waals surface area (Å²) in [6.07, 6.45) is 0.263. The van der Waals surface area contributed by atoms with E-state index in [1.165, 1.54) is 24.3 Å². The molecule has 0 bridgehead atoms. The summed E-state index contributed by atoms with van der Waals surface area (Å²) < 4.78 is 31.8. The van der Waals surface area contributed by atoms with Crippen molar-refractivity contribution in [2.24, 2.45) is 0 Å². The smallest absolute Gasteiger partial charge is 0.261 e. The summed E-state index contributed by atoms with van der Waals surface area (Å²) in [5, 5.41) is 2.76. The molecule has 122 valence electrons. The molecule has 0 unspecified atom stereocenters. The van der Waals surface area contributed by atoms with Crippen LogP contribution in [0.4, 0.5) is 8.78 Å². The highest BCUT2D eigenvalue weighted by Crippen LogP contribution is 2.18. The predicted molar refractivity (Wildman–Crippen MR) is 84.2 cm³/mol. The van der Waals surface area contributed by atoms with Gasteiger partial charge in [0.25, 0.3) is 5.91 Å². The largest absolute Gasteiger partial charge is 0.478 e. The number of nitrogens with one attached hydrogen (secondary N) is 1. The molecule has 0 saturated heterocycles. The van der Waals surface area contributed by atoms with Gasteiger partial charge in [0, 0.05) is 6.54 Å². The first-order valence-electron chi connectivity index (χ1n) is 7.53. The average Bonchev–Trinajstić information content (AvgIpc) is 2.56. The van der Waals surface area contributed by atoms with Crippen molar-refractivity contribution in [3.63, 3.8) is 0 Å². The molecule has 0 aliphatic rings. The molecule has 1 N–H and O–H groups in total. The summed E-state index contributed by atoms with van der Waals surface area (Å²) in [4.78, 5) is 12.1. The third-order valence-electron chi connectivity index (χ3n) is 3.40. The van der Waals surface area contributed by atoms with Crippen LogP contribution in [0.2, 0.25) is 0 Å². The van der Waals surface area contributed by atoms with Crippen molar-refractivity contribution in [1.29, 1.82) is 0 Å². The van der Waals surface area contributed by atoms with Crippen LogP contribution in [0.1, 0.15) is 18.9 Å². The van der Waals surface area contributed by atoms with E-state index in [9.17, 15) is 13.6 Å². The Morgan fingerprint density at radius 2 is 1.83 bits per heavy atom. The molecular formula is C18H19F2NO2. The number of para-hydroxylation sites is 1. The van der Waals surface area contributed by atoms with Crippen LogP contribution in [-0.4, -0.2) is 18.6 Å². The van der Waals surface area contributed by atoms with E-state index in [4.69, 9.17) is 4.74 Å². The van der Waals surface area contributed by atoms with Crippen molar-refractivity contribution in [2.75, 3.05) is 6.54 Å². The van der Waals surface area contributed by atoms with Gasteiger partial charge in [-0.3, -0.25) is 4.79 Å². The minimum absolute atomic E-state index is 0.0630. The van der Waals surface area contributed by atoms with Crippen LogP contribution in [0.5, 0.6) is 5.75 Å². The zero-order valence-electron chi connectivity index (χ0n) is 12.9. The summed E-state index contributed by atoms with van der Waals surface area (Å²) in [6, 6.07) is 12.1. The topological polar surface area (TPSA) is 38.3 Å². The minimum atomic E-state index is -0.750. The third kappa shape index (κ3) is 5.06. The lowest BCUT2D eigenvalue weighted by atomic mass is 10.1. The van der Waals surface area contributed by atoms with E-state index < -0.39 is 11.9 Å². The maximum atomic E-state index is 13.6. The van der Waals surface area contributed by atoms with Crippen molar-refractivity contribution < 1.29 is 18.3 Å². The first kappa shape index (κ1) is 16.9. The van der Waals surface area contributed by atoms with E-state index in [1.54, 1.807) is 31.2 Å². The quantitative estimate of drug-likeness (QED) is 0.848. The molecule has 3 nitrogen and oxygen atoms in total. The molecule has 2 aromatic rings. The first-order valence-corrected chi connectivity index (χ1v) is 7.53. The van der Waals surface area contributed by atoms with Crippen molar-refractivity contribution in [3.05, 3.63) is 65.7 Å². The van der Waals surface area contributed by atoms with Crippen molar-refractivity contribution in [1.82, 2.24) is 5.32 Å². The summed E-state index contributed by atoms with van der Waals surface area (Å²) in [5.74, 6) is -1.02. The summed E-state index contributed by atoms with van der Waals surface area (Å²) in [5.41, 5.74) is 0.926. The van der Waals surface area contributed by atoms with E-state index >= 15 is 0 Å². The Balaban J connectivity index is 1.85. The van der Waals surface area contributed by atoms with Crippen LogP contribution >= 0.6 is 0 Å². The molecule has 0 heterocycles. The van der Waals surface area contributed by atoms with Gasteiger partial charge < -0.3 is 10.1 Å². The zero-order valence-corrected chi connectivity index (χ0v) is 12.9. The number of rotatable bonds is 7. The normalized spacial score (nSPS) is 11.8. The van der Waals surface area contributed by atoms with Gasteiger partial charge in [-0.15, -0.1) is 0 Å². The second kappa shape index (κ2) is 8.27. The molecule has 0 aliphatic heterocycles. The van der Waals surface area contributed by atoms with Gasteiger partial charge in [-0.05, 0) is 42.7 Å². The third-order valence-corrected chi connectivity index (χ3v) is 3.40. The minimum Gasteiger partial charge on any atom is -0.478 e. The standard InChI is InChI=1S/C18H19F2NO2/c1-2-16(23-17-6-4-3-5-15(17)20)18(22)21-12-11-13-7-9-14(19)10-8-13/h3-10,16H,2,11-12H2,1H3,(H,21,22)/t16-/m0/s1. The molecule has 0 saturated carbocycles. The van der Waals surface area contributed by atoms with Crippen molar-refractivity contribution in [2.45, 2.75) is 25.9 Å². The summed E-state index contributed by atoms with van der Waals surface area (Å²) >= 11 is 0. The lowest BCUT2D eigenvalue weighted by Crippen LogP contribution is -2.39. The van der Waals surface area contributed by atoms with Crippen LogP contribution in [0, 0.1) is 11.6 Å². The van der Waals surface area contributed by atoms with Gasteiger partial charge >= 0.3 is 0 Å². The number of hydrogen-bond donors (Lipinski definition) is 1. The Bertz CT molecular complexity index is 644. The van der Waals surface area contributed by atoms with E-state index in [1.807, 2.05) is 0 Å². The van der Waals surface area contributed by atoms with Crippen molar-refractivity contribution >= 4 is 5.91 Å². The summed E-state index contributed by atoms with van der Waals surface area (Å²) in [7, 11) is 0. The lowest BCUT2D eigenvalue weighted by Gasteiger charge is -2.17. The second-order valence-corrected chi connectivity index (χ2v) is 5.11. The fraction of sp³-hybridized carbons (Fsp3) is 0.278. The van der Waals surface area contributed by atoms with Crippen LogP contribution in [0.3, 0.4) is 0 Å². The average molecular weight is 319 g/mol. The number of carbonyl (C=O) groups excluding carboxylic acids is 1. The molecule has 0 spiro atoms. The number of halogens is 2. The van der Waals surface area contributed by atoms with Crippen LogP contribution < -0.4 is 10.1 Å². The lowest BCUT2D eigenvalue weighted by molar-refractivity contribution is -0.128. The van der Waals surface area contributed by atoms with Gasteiger partial charge in [0.1, 0.15) is 5.82 Å². The molecule has 0 radical (unpaired) electrons. The van der Waals surface area contributed by atoms with Crippen LogP contribution in [-0.2, 0) is 11.2 Å². The number of amides is 1. The van der Waals surface area contributed by atoms with Crippen LogP contribution in [0.15, 0.2) is 48.5 Å². The fourth-order valence-corrected chi connectivity index (χ4v) is 2.11. The number of carbonyl (C=O) groups is 1. The fourth-order valence-electron chi connectivity index (χ4n) is 2.11. The van der Waals surface area contributed by atoms with E-state index in [0.29, 0.717) is 19.4 Å². The molecular weight excluding hydrogens is 300 g/mol. The highest BCUT2D eigenvalue weighted by Gasteiger charge is 2.19. The Hall–Kier alpha value is -2.43. The second-order valence-electron chi connectivity index (χ2n) is 5.11. The number of hydrogen-bond acceptors (Lipinski definition) is 2. The molecule has 0 aromatic heterocycles. The Kier molecular flexibility index (Phi) is 6.09. The molecule has 2 rings (SSSR count). The van der Waals surface area contributed by atoms with Gasteiger partial charge in [0.15, 0.2) is 17.7 Å². The van der Waals surface area contributed by atoms with Gasteiger partial charge in [0.05, 0.1) is 0 Å². The molecule has 1 amide bonds. The first-order chi connectivity index (χ1) is 11.1. The molecule has 0 fully saturated rings. The van der Waals surface area contributed by atoms with Gasteiger partial charge in [-0.25, -0.2) is 8.78 Å². The Morgan fingerprint density at radius 1 is 1.13 bits per heavy atom.